The Balaban J connectivity index is 1.53. The summed E-state index contributed by atoms with van der Waals surface area (Å²) in [5.74, 6) is 1.25. The van der Waals surface area contributed by atoms with Gasteiger partial charge in [-0.05, 0) is 47.2 Å². The zero-order chi connectivity index (χ0) is 21.7. The highest BCUT2D eigenvalue weighted by Gasteiger charge is 2.25. The molecule has 3 N–H and O–H groups in total. The van der Waals surface area contributed by atoms with E-state index in [9.17, 15) is 9.90 Å². The van der Waals surface area contributed by atoms with E-state index in [0.29, 0.717) is 24.1 Å². The number of anilines is 1. The van der Waals surface area contributed by atoms with Gasteiger partial charge in [0.1, 0.15) is 5.75 Å². The summed E-state index contributed by atoms with van der Waals surface area (Å²) in [5, 5.41) is 12.7. The van der Waals surface area contributed by atoms with Crippen LogP contribution in [-0.2, 0) is 4.79 Å². The molecule has 0 aliphatic carbocycles. The number of rotatable bonds is 7. The molecule has 0 bridgehead atoms. The van der Waals surface area contributed by atoms with Gasteiger partial charge < -0.3 is 20.2 Å². The highest BCUT2D eigenvalue weighted by atomic mass is 16.3. The molecular weight excluding hydrogens is 374 g/mol. The number of aromatic hydroxyl groups is 1. The Hall–Kier alpha value is -2.53. The second-order valence-corrected chi connectivity index (χ2v) is 9.04. The van der Waals surface area contributed by atoms with Crippen molar-refractivity contribution in [2.45, 2.75) is 39.7 Å². The van der Waals surface area contributed by atoms with Gasteiger partial charge in [0.15, 0.2) is 6.54 Å². The number of amides is 1. The molecule has 0 unspecified atom stereocenters. The predicted molar refractivity (Wildman–Crippen MR) is 122 cm³/mol. The van der Waals surface area contributed by atoms with Crippen LogP contribution in [0.25, 0.3) is 0 Å². The average Bonchev–Trinajstić information content (AvgIpc) is 2.73. The van der Waals surface area contributed by atoms with Crippen LogP contribution in [0.2, 0.25) is 0 Å². The maximum Gasteiger partial charge on any atom is 0.275 e. The van der Waals surface area contributed by atoms with Crippen LogP contribution >= 0.6 is 0 Å². The molecule has 0 saturated carbocycles. The fourth-order valence-corrected chi connectivity index (χ4v) is 4.10. The van der Waals surface area contributed by atoms with E-state index in [-0.39, 0.29) is 11.9 Å². The normalized spacial score (nSPS) is 16.1. The molecule has 1 fully saturated rings. The number of piperazine rings is 1. The molecule has 162 valence electrons. The molecule has 2 aromatic rings. The summed E-state index contributed by atoms with van der Waals surface area (Å²) in [5.41, 5.74) is 3.62. The van der Waals surface area contributed by atoms with E-state index in [1.165, 1.54) is 16.0 Å². The van der Waals surface area contributed by atoms with Crippen LogP contribution in [0.3, 0.4) is 0 Å². The molecular formula is C25H36N3O2+. The van der Waals surface area contributed by atoms with Gasteiger partial charge in [0, 0.05) is 5.69 Å². The number of phenolic OH excluding ortho intramolecular Hbond substituents is 1. The number of nitrogens with one attached hydrogen (secondary N) is 2. The maximum atomic E-state index is 12.8. The first-order valence-corrected chi connectivity index (χ1v) is 11.1. The highest BCUT2D eigenvalue weighted by Crippen LogP contribution is 2.24. The smallest absolute Gasteiger partial charge is 0.275 e. The summed E-state index contributed by atoms with van der Waals surface area (Å²) in [7, 11) is 0. The molecule has 5 nitrogen and oxygen atoms in total. The highest BCUT2D eigenvalue weighted by molar-refractivity contribution is 5.77. The number of phenols is 1. The molecule has 0 aromatic heterocycles. The van der Waals surface area contributed by atoms with Crippen molar-refractivity contribution in [2.24, 2.45) is 5.92 Å². The van der Waals surface area contributed by atoms with Crippen LogP contribution in [0.1, 0.15) is 50.8 Å². The van der Waals surface area contributed by atoms with Gasteiger partial charge in [-0.25, -0.2) is 0 Å². The Morgan fingerprint density at radius 1 is 0.967 bits per heavy atom. The molecule has 1 saturated heterocycles. The van der Waals surface area contributed by atoms with Gasteiger partial charge in [-0.15, -0.1) is 0 Å². The second kappa shape index (κ2) is 9.98. The summed E-state index contributed by atoms with van der Waals surface area (Å²) >= 11 is 0. The average molecular weight is 411 g/mol. The Morgan fingerprint density at radius 3 is 2.07 bits per heavy atom. The predicted octanol–water partition coefficient (Wildman–Crippen LogP) is 2.73. The number of hydrogen-bond donors (Lipinski definition) is 3. The largest absolute Gasteiger partial charge is 0.508 e. The lowest BCUT2D eigenvalue weighted by molar-refractivity contribution is -0.892. The first kappa shape index (κ1) is 22.2. The Kier molecular flexibility index (Phi) is 7.38. The molecule has 1 heterocycles. The van der Waals surface area contributed by atoms with Crippen molar-refractivity contribution in [3.8, 4) is 5.75 Å². The lowest BCUT2D eigenvalue weighted by atomic mass is 9.93. The Bertz CT molecular complexity index is 807. The standard InChI is InChI=1S/C25H35N3O2/c1-18(2)20-5-7-21(8-6-20)25(19(3)4)26-24(30)17-27-13-15-28(16-14-27)22-9-11-23(29)12-10-22/h5-12,18-19,25,29H,13-17H2,1-4H3,(H,26,30)/p+1/t25-/m0/s1. The van der Waals surface area contributed by atoms with Gasteiger partial charge in [-0.1, -0.05) is 52.0 Å². The van der Waals surface area contributed by atoms with Crippen molar-refractivity contribution in [2.75, 3.05) is 37.6 Å². The van der Waals surface area contributed by atoms with Crippen molar-refractivity contribution in [3.63, 3.8) is 0 Å². The zero-order valence-corrected chi connectivity index (χ0v) is 18.7. The SMILES string of the molecule is CC(C)c1ccc([C@@H](NC(=O)C[NH+]2CCN(c3ccc(O)cc3)CC2)C(C)C)cc1. The number of benzene rings is 2. The van der Waals surface area contributed by atoms with Crippen molar-refractivity contribution in [1.82, 2.24) is 5.32 Å². The van der Waals surface area contributed by atoms with E-state index in [1.807, 2.05) is 12.1 Å². The van der Waals surface area contributed by atoms with Gasteiger partial charge >= 0.3 is 0 Å². The van der Waals surface area contributed by atoms with E-state index in [4.69, 9.17) is 0 Å². The van der Waals surface area contributed by atoms with E-state index >= 15 is 0 Å². The number of carbonyl (C=O) groups excluding carboxylic acids is 1. The zero-order valence-electron chi connectivity index (χ0n) is 18.7. The number of nitrogens with zero attached hydrogens (tertiary/aromatic N) is 1. The first-order chi connectivity index (χ1) is 14.3. The van der Waals surface area contributed by atoms with Gasteiger partial charge in [0.2, 0.25) is 0 Å². The molecule has 0 radical (unpaired) electrons. The topological polar surface area (TPSA) is 57.0 Å². The summed E-state index contributed by atoms with van der Waals surface area (Å²) in [6.45, 7) is 12.9. The number of quaternary nitrogens is 1. The van der Waals surface area contributed by atoms with Crippen LogP contribution in [0.5, 0.6) is 5.75 Å². The molecule has 1 aliphatic rings. The van der Waals surface area contributed by atoms with Crippen molar-refractivity contribution in [1.29, 1.82) is 0 Å². The third-order valence-corrected chi connectivity index (χ3v) is 6.04. The third-order valence-electron chi connectivity index (χ3n) is 6.04. The molecule has 1 aliphatic heterocycles. The van der Waals surface area contributed by atoms with Crippen molar-refractivity contribution >= 4 is 11.6 Å². The molecule has 0 spiro atoms. The Morgan fingerprint density at radius 2 is 1.53 bits per heavy atom. The molecule has 2 aromatic carbocycles. The Labute approximate surface area is 180 Å². The summed E-state index contributed by atoms with van der Waals surface area (Å²) in [6.07, 6.45) is 0. The number of hydrogen-bond acceptors (Lipinski definition) is 3. The first-order valence-electron chi connectivity index (χ1n) is 11.1. The van der Waals surface area contributed by atoms with Gasteiger partial charge in [0.25, 0.3) is 5.91 Å². The van der Waals surface area contributed by atoms with E-state index in [2.05, 4.69) is 62.2 Å². The summed E-state index contributed by atoms with van der Waals surface area (Å²) in [4.78, 5) is 16.4. The molecule has 3 rings (SSSR count). The minimum Gasteiger partial charge on any atom is -0.508 e. The van der Waals surface area contributed by atoms with E-state index in [1.54, 1.807) is 12.1 Å². The summed E-state index contributed by atoms with van der Waals surface area (Å²) < 4.78 is 0. The fraction of sp³-hybridized carbons (Fsp3) is 0.480. The lowest BCUT2D eigenvalue weighted by Gasteiger charge is -2.33. The van der Waals surface area contributed by atoms with Crippen LogP contribution < -0.4 is 15.1 Å². The minimum absolute atomic E-state index is 0.0383. The van der Waals surface area contributed by atoms with E-state index in [0.717, 1.165) is 31.9 Å². The third kappa shape index (κ3) is 5.76. The van der Waals surface area contributed by atoms with Crippen LogP contribution in [0.4, 0.5) is 5.69 Å². The van der Waals surface area contributed by atoms with Crippen molar-refractivity contribution in [3.05, 3.63) is 59.7 Å². The molecule has 1 amide bonds. The summed E-state index contributed by atoms with van der Waals surface area (Å²) in [6, 6.07) is 16.0. The monoisotopic (exact) mass is 410 g/mol. The fourth-order valence-electron chi connectivity index (χ4n) is 4.10. The van der Waals surface area contributed by atoms with Crippen LogP contribution in [0, 0.1) is 5.92 Å². The maximum absolute atomic E-state index is 12.8. The van der Waals surface area contributed by atoms with Gasteiger partial charge in [0.05, 0.1) is 32.2 Å². The van der Waals surface area contributed by atoms with Crippen LogP contribution in [0.15, 0.2) is 48.5 Å². The number of carbonyl (C=O) groups is 1. The van der Waals surface area contributed by atoms with Crippen molar-refractivity contribution < 1.29 is 14.8 Å². The molecule has 1 atom stereocenters. The van der Waals surface area contributed by atoms with Crippen LogP contribution in [-0.4, -0.2) is 43.7 Å². The second-order valence-electron chi connectivity index (χ2n) is 9.04. The van der Waals surface area contributed by atoms with Gasteiger partial charge in [-0.2, -0.15) is 0 Å². The lowest BCUT2D eigenvalue weighted by Crippen LogP contribution is -3.16. The van der Waals surface area contributed by atoms with E-state index < -0.39 is 0 Å². The minimum atomic E-state index is 0.0383. The van der Waals surface area contributed by atoms with Gasteiger partial charge in [-0.3, -0.25) is 4.79 Å². The molecule has 5 heteroatoms. The molecule has 30 heavy (non-hydrogen) atoms. The quantitative estimate of drug-likeness (QED) is 0.658.